The molecule has 0 bridgehead atoms. The van der Waals surface area contributed by atoms with Crippen LogP contribution in [0.4, 0.5) is 0 Å². The lowest BCUT2D eigenvalue weighted by Gasteiger charge is -2.01. The van der Waals surface area contributed by atoms with Gasteiger partial charge >= 0.3 is 0 Å². The molecular weight excluding hydrogens is 320 g/mol. The summed E-state index contributed by atoms with van der Waals surface area (Å²) in [7, 11) is 0. The molecule has 88 valence electrons. The molecule has 0 saturated heterocycles. The third-order valence-corrected chi connectivity index (χ3v) is 4.50. The number of aromatic nitrogens is 4. The van der Waals surface area contributed by atoms with Gasteiger partial charge in [0.25, 0.3) is 0 Å². The van der Waals surface area contributed by atoms with Crippen LogP contribution in [0.2, 0.25) is 0 Å². The molecule has 2 aromatic heterocycles. The van der Waals surface area contributed by atoms with E-state index in [1.54, 1.807) is 11.8 Å². The summed E-state index contributed by atoms with van der Waals surface area (Å²) in [5.74, 6) is 2.32. The van der Waals surface area contributed by atoms with E-state index in [1.807, 2.05) is 13.0 Å². The zero-order valence-corrected chi connectivity index (χ0v) is 12.3. The zero-order chi connectivity index (χ0) is 11.8. The van der Waals surface area contributed by atoms with Crippen LogP contribution in [-0.4, -0.2) is 19.3 Å². The van der Waals surface area contributed by atoms with E-state index in [-0.39, 0.29) is 0 Å². The van der Waals surface area contributed by atoms with Gasteiger partial charge in [-0.25, -0.2) is 15.0 Å². The highest BCUT2D eigenvalue weighted by molar-refractivity contribution is 9.10. The molecule has 0 N–H and O–H groups in total. The molecule has 1 saturated carbocycles. The van der Waals surface area contributed by atoms with Gasteiger partial charge in [-0.2, -0.15) is 4.37 Å². The van der Waals surface area contributed by atoms with E-state index < -0.39 is 0 Å². The molecule has 1 fully saturated rings. The Morgan fingerprint density at radius 2 is 2.18 bits per heavy atom. The molecular formula is C10H9BrN4S2. The zero-order valence-electron chi connectivity index (χ0n) is 9.05. The maximum Gasteiger partial charge on any atom is 0.176 e. The predicted octanol–water partition coefficient (Wildman–Crippen LogP) is 3.43. The number of hydrogen-bond donors (Lipinski definition) is 0. The van der Waals surface area contributed by atoms with Crippen molar-refractivity contribution in [3.05, 3.63) is 22.3 Å². The molecule has 0 unspecified atom stereocenters. The van der Waals surface area contributed by atoms with Gasteiger partial charge in [0.2, 0.25) is 0 Å². The average molecular weight is 329 g/mol. The first-order valence-corrected chi connectivity index (χ1v) is 7.61. The van der Waals surface area contributed by atoms with Gasteiger partial charge in [0.15, 0.2) is 4.34 Å². The molecule has 2 aromatic rings. The summed E-state index contributed by atoms with van der Waals surface area (Å²) < 4.78 is 5.93. The van der Waals surface area contributed by atoms with Crippen LogP contribution in [0.15, 0.2) is 20.0 Å². The van der Waals surface area contributed by atoms with E-state index in [9.17, 15) is 0 Å². The van der Waals surface area contributed by atoms with Crippen molar-refractivity contribution in [1.82, 2.24) is 19.3 Å². The Morgan fingerprint density at radius 1 is 1.35 bits per heavy atom. The summed E-state index contributed by atoms with van der Waals surface area (Å²) >= 11 is 6.38. The fourth-order valence-corrected chi connectivity index (χ4v) is 3.56. The Labute approximate surface area is 116 Å². The SMILES string of the molecule is Cc1nsc(Sc2cc(Br)nc(C3CC3)n2)n1. The Hall–Kier alpha value is -0.530. The number of nitrogens with zero attached hydrogens (tertiary/aromatic N) is 4. The first-order chi connectivity index (χ1) is 8.20. The van der Waals surface area contributed by atoms with Gasteiger partial charge in [0.1, 0.15) is 21.3 Å². The second-order valence-corrected chi connectivity index (χ2v) is 6.70. The van der Waals surface area contributed by atoms with Crippen molar-refractivity contribution in [2.75, 3.05) is 0 Å². The van der Waals surface area contributed by atoms with Crippen molar-refractivity contribution >= 4 is 39.2 Å². The maximum absolute atomic E-state index is 4.56. The number of aryl methyl sites for hydroxylation is 1. The Kier molecular flexibility index (Phi) is 3.14. The van der Waals surface area contributed by atoms with Crippen LogP contribution < -0.4 is 0 Å². The molecule has 0 spiro atoms. The number of hydrogen-bond acceptors (Lipinski definition) is 6. The summed E-state index contributed by atoms with van der Waals surface area (Å²) in [6.07, 6.45) is 2.41. The molecule has 1 aliphatic rings. The molecule has 17 heavy (non-hydrogen) atoms. The highest BCUT2D eigenvalue weighted by Gasteiger charge is 2.27. The molecule has 3 rings (SSSR count). The lowest BCUT2D eigenvalue weighted by molar-refractivity contribution is 0.866. The Morgan fingerprint density at radius 3 is 2.82 bits per heavy atom. The minimum atomic E-state index is 0.558. The van der Waals surface area contributed by atoms with Gasteiger partial charge in [-0.15, -0.1) is 0 Å². The molecule has 2 heterocycles. The monoisotopic (exact) mass is 328 g/mol. The highest BCUT2D eigenvalue weighted by atomic mass is 79.9. The normalized spacial score (nSPS) is 15.2. The van der Waals surface area contributed by atoms with Gasteiger partial charge in [0.05, 0.1) is 0 Å². The fraction of sp³-hybridized carbons (Fsp3) is 0.400. The summed E-state index contributed by atoms with van der Waals surface area (Å²) in [6, 6.07) is 1.92. The standard InChI is InChI=1S/C10H9BrN4S2/c1-5-12-10(17-15-5)16-8-4-7(11)13-9(14-8)6-2-3-6/h4,6H,2-3H2,1H3. The maximum atomic E-state index is 4.56. The summed E-state index contributed by atoms with van der Waals surface area (Å²) in [5, 5.41) is 0.935. The van der Waals surface area contributed by atoms with E-state index in [4.69, 9.17) is 0 Å². The lowest BCUT2D eigenvalue weighted by atomic mass is 10.4. The molecule has 1 aliphatic carbocycles. The molecule has 0 atom stereocenters. The van der Waals surface area contributed by atoms with Crippen molar-refractivity contribution in [1.29, 1.82) is 0 Å². The van der Waals surface area contributed by atoms with Crippen molar-refractivity contribution < 1.29 is 0 Å². The van der Waals surface area contributed by atoms with Gasteiger partial charge in [0, 0.05) is 12.0 Å². The molecule has 4 nitrogen and oxygen atoms in total. The van der Waals surface area contributed by atoms with Crippen LogP contribution in [0, 0.1) is 6.92 Å². The Balaban J connectivity index is 1.86. The van der Waals surface area contributed by atoms with E-state index in [0.29, 0.717) is 5.92 Å². The molecule has 0 radical (unpaired) electrons. The minimum Gasteiger partial charge on any atom is -0.226 e. The number of halogens is 1. The topological polar surface area (TPSA) is 51.6 Å². The molecule has 0 amide bonds. The van der Waals surface area contributed by atoms with Crippen LogP contribution in [0.5, 0.6) is 0 Å². The van der Waals surface area contributed by atoms with Gasteiger partial charge in [-0.3, -0.25) is 0 Å². The second kappa shape index (κ2) is 4.62. The summed E-state index contributed by atoms with van der Waals surface area (Å²) in [5.41, 5.74) is 0. The third-order valence-electron chi connectivity index (χ3n) is 2.33. The van der Waals surface area contributed by atoms with Crippen molar-refractivity contribution in [2.24, 2.45) is 0 Å². The quantitative estimate of drug-likeness (QED) is 0.808. The van der Waals surface area contributed by atoms with Crippen molar-refractivity contribution in [3.8, 4) is 0 Å². The number of rotatable bonds is 3. The van der Waals surface area contributed by atoms with E-state index in [0.717, 1.165) is 25.6 Å². The van der Waals surface area contributed by atoms with Crippen LogP contribution in [0.25, 0.3) is 0 Å². The lowest BCUT2D eigenvalue weighted by Crippen LogP contribution is -1.94. The van der Waals surface area contributed by atoms with Crippen molar-refractivity contribution in [3.63, 3.8) is 0 Å². The first-order valence-electron chi connectivity index (χ1n) is 5.23. The summed E-state index contributed by atoms with van der Waals surface area (Å²) in [6.45, 7) is 1.89. The predicted molar refractivity (Wildman–Crippen MR) is 70.5 cm³/mol. The summed E-state index contributed by atoms with van der Waals surface area (Å²) in [4.78, 5) is 13.3. The van der Waals surface area contributed by atoms with Crippen molar-refractivity contribution in [2.45, 2.75) is 35.0 Å². The van der Waals surface area contributed by atoms with Crippen LogP contribution in [0.1, 0.15) is 30.4 Å². The van der Waals surface area contributed by atoms with Gasteiger partial charge in [-0.05, 0) is 59.0 Å². The van der Waals surface area contributed by atoms with Gasteiger partial charge < -0.3 is 0 Å². The molecule has 0 aromatic carbocycles. The smallest absolute Gasteiger partial charge is 0.176 e. The average Bonchev–Trinajstić information content (AvgIpc) is 3.03. The highest BCUT2D eigenvalue weighted by Crippen LogP contribution is 2.39. The van der Waals surface area contributed by atoms with Crippen LogP contribution in [0.3, 0.4) is 0 Å². The molecule has 0 aliphatic heterocycles. The molecule has 7 heteroatoms. The Bertz CT molecular complexity index is 553. The van der Waals surface area contributed by atoms with E-state index in [1.165, 1.54) is 24.4 Å². The van der Waals surface area contributed by atoms with E-state index in [2.05, 4.69) is 35.3 Å². The largest absolute Gasteiger partial charge is 0.226 e. The third kappa shape index (κ3) is 2.83. The minimum absolute atomic E-state index is 0.558. The van der Waals surface area contributed by atoms with E-state index >= 15 is 0 Å². The first kappa shape index (κ1) is 11.6. The fourth-order valence-electron chi connectivity index (χ4n) is 1.40. The second-order valence-electron chi connectivity index (χ2n) is 3.87. The van der Waals surface area contributed by atoms with Crippen LogP contribution >= 0.6 is 39.2 Å². The van der Waals surface area contributed by atoms with Crippen LogP contribution in [-0.2, 0) is 0 Å². The van der Waals surface area contributed by atoms with Gasteiger partial charge in [-0.1, -0.05) is 0 Å².